The van der Waals surface area contributed by atoms with E-state index in [0.29, 0.717) is 0 Å². The van der Waals surface area contributed by atoms with E-state index in [1.54, 1.807) is 6.92 Å². The molecule has 176 valence electrons. The molecule has 0 spiro atoms. The van der Waals surface area contributed by atoms with Gasteiger partial charge in [-0.05, 0) is 31.1 Å². The van der Waals surface area contributed by atoms with Crippen molar-refractivity contribution in [2.45, 2.75) is 117 Å². The van der Waals surface area contributed by atoms with Gasteiger partial charge in [0.05, 0.1) is 11.9 Å². The zero-order valence-electron chi connectivity index (χ0n) is 20.1. The number of Topliss-reactive ketones (excluding diaryl/α,β-unsaturated/α-hetero) is 1. The third-order valence-electron chi connectivity index (χ3n) is 6.53. The van der Waals surface area contributed by atoms with Gasteiger partial charge in [-0.2, -0.15) is 8.42 Å². The topological polar surface area (TPSA) is 60.4 Å². The maximum absolute atomic E-state index is 12.9. The Morgan fingerprint density at radius 2 is 1.57 bits per heavy atom. The SMILES string of the molecule is CCCCCCCCCCCCOS(=O)(=O)C(C)CC(=O)C1C(C)C=CCC1(C)C. The molecular weight excluding hydrogens is 396 g/mol. The van der Waals surface area contributed by atoms with E-state index in [1.807, 2.05) is 6.92 Å². The highest BCUT2D eigenvalue weighted by Crippen LogP contribution is 2.41. The van der Waals surface area contributed by atoms with Gasteiger partial charge in [0, 0.05) is 12.3 Å². The zero-order valence-corrected chi connectivity index (χ0v) is 20.9. The van der Waals surface area contributed by atoms with E-state index < -0.39 is 15.4 Å². The number of hydrogen-bond acceptors (Lipinski definition) is 4. The largest absolute Gasteiger partial charge is 0.299 e. The van der Waals surface area contributed by atoms with Crippen molar-refractivity contribution in [3.05, 3.63) is 12.2 Å². The second kappa shape index (κ2) is 13.7. The molecule has 0 heterocycles. The summed E-state index contributed by atoms with van der Waals surface area (Å²) < 4.78 is 30.2. The average molecular weight is 443 g/mol. The molecule has 30 heavy (non-hydrogen) atoms. The number of hydrogen-bond donors (Lipinski definition) is 0. The molecule has 0 aliphatic heterocycles. The van der Waals surface area contributed by atoms with Crippen LogP contribution in [0.5, 0.6) is 0 Å². The van der Waals surface area contributed by atoms with Crippen LogP contribution in [0, 0.1) is 17.3 Å². The third kappa shape index (κ3) is 9.64. The molecule has 0 saturated carbocycles. The number of unbranched alkanes of at least 4 members (excludes halogenated alkanes) is 9. The molecular formula is C25H46O4S. The summed E-state index contributed by atoms with van der Waals surface area (Å²) in [6.45, 7) is 10.3. The summed E-state index contributed by atoms with van der Waals surface area (Å²) >= 11 is 0. The predicted molar refractivity (Wildman–Crippen MR) is 126 cm³/mol. The van der Waals surface area contributed by atoms with Crippen LogP contribution in [0.2, 0.25) is 0 Å². The van der Waals surface area contributed by atoms with Crippen molar-refractivity contribution >= 4 is 15.9 Å². The summed E-state index contributed by atoms with van der Waals surface area (Å²) in [5, 5.41) is -0.790. The maximum Gasteiger partial charge on any atom is 0.270 e. The summed E-state index contributed by atoms with van der Waals surface area (Å²) in [5.41, 5.74) is -0.133. The van der Waals surface area contributed by atoms with E-state index in [-0.39, 0.29) is 36.1 Å². The van der Waals surface area contributed by atoms with E-state index in [1.165, 1.54) is 44.9 Å². The first-order valence-corrected chi connectivity index (χ1v) is 13.7. The fourth-order valence-corrected chi connectivity index (χ4v) is 5.61. The van der Waals surface area contributed by atoms with Crippen molar-refractivity contribution < 1.29 is 17.4 Å². The highest BCUT2D eigenvalue weighted by Gasteiger charge is 2.40. The third-order valence-corrected chi connectivity index (χ3v) is 8.17. The van der Waals surface area contributed by atoms with E-state index in [9.17, 15) is 13.2 Å². The first-order valence-electron chi connectivity index (χ1n) is 12.2. The smallest absolute Gasteiger partial charge is 0.270 e. The molecule has 3 unspecified atom stereocenters. The lowest BCUT2D eigenvalue weighted by molar-refractivity contribution is -0.128. The van der Waals surface area contributed by atoms with E-state index in [0.717, 1.165) is 25.7 Å². The van der Waals surface area contributed by atoms with Crippen LogP contribution >= 0.6 is 0 Å². The van der Waals surface area contributed by atoms with Crippen LogP contribution in [-0.2, 0) is 19.1 Å². The quantitative estimate of drug-likeness (QED) is 0.149. The molecule has 3 atom stereocenters. The molecule has 5 heteroatoms. The lowest BCUT2D eigenvalue weighted by Crippen LogP contribution is -2.39. The Kier molecular flexibility index (Phi) is 12.5. The van der Waals surface area contributed by atoms with Crippen molar-refractivity contribution in [1.82, 2.24) is 0 Å². The molecule has 0 aromatic heterocycles. The van der Waals surface area contributed by atoms with E-state index in [4.69, 9.17) is 4.18 Å². The van der Waals surface area contributed by atoms with Gasteiger partial charge in [0.15, 0.2) is 0 Å². The Hall–Kier alpha value is -0.680. The fraction of sp³-hybridized carbons (Fsp3) is 0.880. The number of carbonyl (C=O) groups excluding carboxylic acids is 1. The predicted octanol–water partition coefficient (Wildman–Crippen LogP) is 6.84. The van der Waals surface area contributed by atoms with Crippen molar-refractivity contribution in [3.8, 4) is 0 Å². The summed E-state index contributed by atoms with van der Waals surface area (Å²) in [6, 6.07) is 0. The minimum atomic E-state index is -3.70. The monoisotopic (exact) mass is 442 g/mol. The van der Waals surface area contributed by atoms with Crippen LogP contribution in [0.4, 0.5) is 0 Å². The Balaban J connectivity index is 2.27. The number of rotatable bonds is 16. The van der Waals surface area contributed by atoms with Gasteiger partial charge < -0.3 is 0 Å². The van der Waals surface area contributed by atoms with Crippen LogP contribution in [0.15, 0.2) is 12.2 Å². The van der Waals surface area contributed by atoms with E-state index in [2.05, 4.69) is 32.9 Å². The lowest BCUT2D eigenvalue weighted by Gasteiger charge is -2.39. The normalized spacial score (nSPS) is 22.2. The summed E-state index contributed by atoms with van der Waals surface area (Å²) in [5.74, 6) is 0.0429. The summed E-state index contributed by atoms with van der Waals surface area (Å²) in [7, 11) is -3.70. The van der Waals surface area contributed by atoms with Crippen LogP contribution in [0.25, 0.3) is 0 Å². The molecule has 1 aliphatic rings. The van der Waals surface area contributed by atoms with Gasteiger partial charge in [0.2, 0.25) is 0 Å². The minimum Gasteiger partial charge on any atom is -0.299 e. The Morgan fingerprint density at radius 1 is 1.03 bits per heavy atom. The standard InChI is InChI=1S/C25H46O4S/c1-6-7-8-9-10-11-12-13-14-15-19-29-30(27,28)22(3)20-23(26)24-21(2)17-16-18-25(24,4)5/h16-17,21-22,24H,6-15,18-20H2,1-5H3. The zero-order chi connectivity index (χ0) is 22.6. The molecule has 0 aromatic rings. The number of carbonyl (C=O) groups is 1. The first-order chi connectivity index (χ1) is 14.1. The molecule has 0 aromatic carbocycles. The highest BCUT2D eigenvalue weighted by molar-refractivity contribution is 7.87. The lowest BCUT2D eigenvalue weighted by atomic mass is 9.65. The molecule has 0 fully saturated rings. The molecule has 0 amide bonds. The van der Waals surface area contributed by atoms with Gasteiger partial charge in [-0.3, -0.25) is 8.98 Å². The van der Waals surface area contributed by atoms with Crippen molar-refractivity contribution in [2.75, 3.05) is 6.61 Å². The second-order valence-electron chi connectivity index (χ2n) is 9.94. The van der Waals surface area contributed by atoms with E-state index >= 15 is 0 Å². The van der Waals surface area contributed by atoms with Crippen LogP contribution in [-0.4, -0.2) is 26.1 Å². The second-order valence-corrected chi connectivity index (χ2v) is 12.0. The first kappa shape index (κ1) is 27.4. The molecule has 0 saturated heterocycles. The minimum absolute atomic E-state index is 0.0344. The molecule has 0 radical (unpaired) electrons. The van der Waals surface area contributed by atoms with Gasteiger partial charge in [-0.1, -0.05) is 97.6 Å². The molecule has 0 N–H and O–H groups in total. The van der Waals surface area contributed by atoms with Crippen molar-refractivity contribution in [2.24, 2.45) is 17.3 Å². The Morgan fingerprint density at radius 3 is 2.10 bits per heavy atom. The van der Waals surface area contributed by atoms with Crippen molar-refractivity contribution in [1.29, 1.82) is 0 Å². The average Bonchev–Trinajstić information content (AvgIpc) is 2.65. The van der Waals surface area contributed by atoms with Gasteiger partial charge >= 0.3 is 0 Å². The summed E-state index contributed by atoms with van der Waals surface area (Å²) in [6.07, 6.45) is 17.1. The van der Waals surface area contributed by atoms with Gasteiger partial charge in [0.1, 0.15) is 5.78 Å². The van der Waals surface area contributed by atoms with Crippen LogP contribution in [0.1, 0.15) is 112 Å². The number of ketones is 1. The molecule has 4 nitrogen and oxygen atoms in total. The number of allylic oxidation sites excluding steroid dienone is 2. The fourth-order valence-electron chi connectivity index (χ4n) is 4.66. The van der Waals surface area contributed by atoms with Crippen LogP contribution < -0.4 is 0 Å². The van der Waals surface area contributed by atoms with Gasteiger partial charge in [-0.15, -0.1) is 0 Å². The van der Waals surface area contributed by atoms with Gasteiger partial charge in [-0.25, -0.2) is 0 Å². The summed E-state index contributed by atoms with van der Waals surface area (Å²) in [4.78, 5) is 12.9. The highest BCUT2D eigenvalue weighted by atomic mass is 32.2. The van der Waals surface area contributed by atoms with Crippen molar-refractivity contribution in [3.63, 3.8) is 0 Å². The Bertz CT molecular complexity index is 621. The van der Waals surface area contributed by atoms with Crippen LogP contribution in [0.3, 0.4) is 0 Å². The maximum atomic E-state index is 12.9. The van der Waals surface area contributed by atoms with Gasteiger partial charge in [0.25, 0.3) is 10.1 Å². The Labute approximate surface area is 186 Å². The molecule has 1 rings (SSSR count). The molecule has 0 bridgehead atoms. The molecule has 1 aliphatic carbocycles.